The molecule has 0 spiro atoms. The maximum Gasteiger partial charge on any atom is 0.379 e. The van der Waals surface area contributed by atoms with Gasteiger partial charge in [-0.3, -0.25) is 4.79 Å². The maximum atomic E-state index is 13.4. The number of carbonyl (C=O) groups excluding carboxylic acids is 2. The van der Waals surface area contributed by atoms with Gasteiger partial charge in [0.05, 0.1) is 5.56 Å². The molecule has 1 aliphatic rings. The highest BCUT2D eigenvalue weighted by atomic mass is 19.1. The van der Waals surface area contributed by atoms with Crippen LogP contribution in [0.1, 0.15) is 26.5 Å². The molecule has 0 amide bonds. The normalized spacial score (nSPS) is 14.0. The van der Waals surface area contributed by atoms with E-state index in [0.717, 1.165) is 5.39 Å². The summed E-state index contributed by atoms with van der Waals surface area (Å²) in [6, 6.07) is 19.2. The number of esters is 1. The Kier molecular flexibility index (Phi) is 4.17. The standard InChI is InChI=1S/C24H13FO5/c25-16-6-3-4-14(10-16)11-21-23(26)18-9-8-17(13-20(18)30-21)28-24(27)22-12-15-5-1-2-7-19(15)29-22/h1-13H/b21-11-. The lowest BCUT2D eigenvalue weighted by Crippen LogP contribution is -2.07. The average Bonchev–Trinajstić information content (AvgIpc) is 3.29. The first kappa shape index (κ1) is 17.9. The van der Waals surface area contributed by atoms with Crippen molar-refractivity contribution in [1.82, 2.24) is 0 Å². The van der Waals surface area contributed by atoms with Crippen molar-refractivity contribution in [3.63, 3.8) is 0 Å². The van der Waals surface area contributed by atoms with E-state index in [1.807, 2.05) is 18.2 Å². The lowest BCUT2D eigenvalue weighted by Gasteiger charge is -2.04. The molecule has 5 nitrogen and oxygen atoms in total. The van der Waals surface area contributed by atoms with Gasteiger partial charge in [0.2, 0.25) is 11.5 Å². The average molecular weight is 400 g/mol. The van der Waals surface area contributed by atoms with Crippen molar-refractivity contribution in [1.29, 1.82) is 0 Å². The molecule has 5 rings (SSSR count). The van der Waals surface area contributed by atoms with E-state index in [2.05, 4.69) is 0 Å². The zero-order chi connectivity index (χ0) is 20.7. The largest absolute Gasteiger partial charge is 0.452 e. The highest BCUT2D eigenvalue weighted by Crippen LogP contribution is 2.35. The Balaban J connectivity index is 1.38. The summed E-state index contributed by atoms with van der Waals surface area (Å²) >= 11 is 0. The van der Waals surface area contributed by atoms with Gasteiger partial charge in [0.25, 0.3) is 0 Å². The molecule has 0 bridgehead atoms. The molecule has 30 heavy (non-hydrogen) atoms. The van der Waals surface area contributed by atoms with E-state index in [1.165, 1.54) is 36.4 Å². The van der Waals surface area contributed by atoms with Gasteiger partial charge >= 0.3 is 5.97 Å². The molecule has 2 heterocycles. The molecule has 1 aromatic heterocycles. The predicted octanol–water partition coefficient (Wildman–Crippen LogP) is 5.41. The Bertz CT molecular complexity index is 1320. The van der Waals surface area contributed by atoms with Crippen LogP contribution < -0.4 is 9.47 Å². The molecule has 6 heteroatoms. The van der Waals surface area contributed by atoms with E-state index in [4.69, 9.17) is 13.9 Å². The Morgan fingerprint density at radius 3 is 2.67 bits per heavy atom. The number of carbonyl (C=O) groups is 2. The third-order valence-electron chi connectivity index (χ3n) is 4.63. The van der Waals surface area contributed by atoms with E-state index in [0.29, 0.717) is 16.7 Å². The summed E-state index contributed by atoms with van der Waals surface area (Å²) in [5.41, 5.74) is 1.42. The van der Waals surface area contributed by atoms with Gasteiger partial charge in [-0.1, -0.05) is 30.3 Å². The molecular weight excluding hydrogens is 387 g/mol. The van der Waals surface area contributed by atoms with E-state index < -0.39 is 11.8 Å². The number of fused-ring (bicyclic) bond motifs is 2. The summed E-state index contributed by atoms with van der Waals surface area (Å²) in [7, 11) is 0. The number of Topliss-reactive ketones (excluding diaryl/α,β-unsaturated/α-hetero) is 1. The Morgan fingerprint density at radius 2 is 1.83 bits per heavy atom. The number of hydrogen-bond donors (Lipinski definition) is 0. The highest BCUT2D eigenvalue weighted by Gasteiger charge is 2.28. The molecule has 1 aliphatic heterocycles. The van der Waals surface area contributed by atoms with Crippen LogP contribution in [0.25, 0.3) is 17.0 Å². The molecule has 146 valence electrons. The number of ether oxygens (including phenoxy) is 2. The first-order valence-electron chi connectivity index (χ1n) is 9.11. The number of halogens is 1. The second-order valence-corrected chi connectivity index (χ2v) is 6.69. The lowest BCUT2D eigenvalue weighted by molar-refractivity contribution is 0.0703. The number of ketones is 1. The summed E-state index contributed by atoms with van der Waals surface area (Å²) in [5.74, 6) is -0.796. The van der Waals surface area contributed by atoms with Gasteiger partial charge in [0.15, 0.2) is 5.76 Å². The Morgan fingerprint density at radius 1 is 0.967 bits per heavy atom. The molecule has 0 aliphatic carbocycles. The molecule has 0 fully saturated rings. The number of rotatable bonds is 3. The highest BCUT2D eigenvalue weighted by molar-refractivity contribution is 6.14. The van der Waals surface area contributed by atoms with Crippen molar-refractivity contribution in [2.75, 3.05) is 0 Å². The van der Waals surface area contributed by atoms with Crippen LogP contribution in [-0.2, 0) is 0 Å². The fourth-order valence-electron chi connectivity index (χ4n) is 3.22. The zero-order valence-electron chi connectivity index (χ0n) is 15.4. The predicted molar refractivity (Wildman–Crippen MR) is 107 cm³/mol. The monoisotopic (exact) mass is 400 g/mol. The van der Waals surface area contributed by atoms with Gasteiger partial charge in [0.1, 0.15) is 22.9 Å². The fraction of sp³-hybridized carbons (Fsp3) is 0. The molecule has 3 aromatic carbocycles. The van der Waals surface area contributed by atoms with Gasteiger partial charge in [-0.15, -0.1) is 0 Å². The molecule has 4 aromatic rings. The summed E-state index contributed by atoms with van der Waals surface area (Å²) in [6.45, 7) is 0. The molecule has 0 saturated carbocycles. The smallest absolute Gasteiger partial charge is 0.379 e. The van der Waals surface area contributed by atoms with E-state index in [1.54, 1.807) is 24.3 Å². The van der Waals surface area contributed by atoms with E-state index in [-0.39, 0.29) is 28.8 Å². The van der Waals surface area contributed by atoms with Gasteiger partial charge in [-0.05, 0) is 48.0 Å². The number of allylic oxidation sites excluding steroid dienone is 1. The first-order chi connectivity index (χ1) is 14.6. The van der Waals surface area contributed by atoms with Crippen molar-refractivity contribution < 1.29 is 27.9 Å². The first-order valence-corrected chi connectivity index (χ1v) is 9.11. The fourth-order valence-corrected chi connectivity index (χ4v) is 3.22. The van der Waals surface area contributed by atoms with Gasteiger partial charge < -0.3 is 13.9 Å². The number of furan rings is 1. The van der Waals surface area contributed by atoms with Crippen LogP contribution >= 0.6 is 0 Å². The molecule has 0 saturated heterocycles. The number of para-hydroxylation sites is 1. The summed E-state index contributed by atoms with van der Waals surface area (Å²) in [4.78, 5) is 24.9. The Hall–Kier alpha value is -4.19. The zero-order valence-corrected chi connectivity index (χ0v) is 15.4. The Labute approximate surface area is 170 Å². The van der Waals surface area contributed by atoms with Crippen molar-refractivity contribution in [3.8, 4) is 11.5 Å². The molecule has 0 atom stereocenters. The topological polar surface area (TPSA) is 65.7 Å². The molecule has 0 unspecified atom stereocenters. The second kappa shape index (κ2) is 7.00. The lowest BCUT2D eigenvalue weighted by atomic mass is 10.1. The third kappa shape index (κ3) is 3.24. The van der Waals surface area contributed by atoms with Crippen LogP contribution in [0.3, 0.4) is 0 Å². The minimum Gasteiger partial charge on any atom is -0.452 e. The van der Waals surface area contributed by atoms with Crippen molar-refractivity contribution in [3.05, 3.63) is 101 Å². The van der Waals surface area contributed by atoms with Crippen LogP contribution in [0.15, 0.2) is 83.0 Å². The quantitative estimate of drug-likeness (QED) is 0.261. The van der Waals surface area contributed by atoms with Crippen molar-refractivity contribution in [2.24, 2.45) is 0 Å². The van der Waals surface area contributed by atoms with Crippen LogP contribution in [0.4, 0.5) is 4.39 Å². The summed E-state index contributed by atoms with van der Waals surface area (Å²) < 4.78 is 29.9. The minimum atomic E-state index is -0.661. The van der Waals surface area contributed by atoms with E-state index >= 15 is 0 Å². The summed E-state index contributed by atoms with van der Waals surface area (Å²) in [6.07, 6.45) is 1.46. The second-order valence-electron chi connectivity index (χ2n) is 6.69. The van der Waals surface area contributed by atoms with Crippen LogP contribution in [0.2, 0.25) is 0 Å². The maximum absolute atomic E-state index is 13.4. The van der Waals surface area contributed by atoms with Crippen LogP contribution in [0.5, 0.6) is 11.5 Å². The van der Waals surface area contributed by atoms with Gasteiger partial charge in [-0.2, -0.15) is 0 Å². The van der Waals surface area contributed by atoms with Gasteiger partial charge in [0, 0.05) is 11.5 Å². The van der Waals surface area contributed by atoms with Crippen LogP contribution in [-0.4, -0.2) is 11.8 Å². The third-order valence-corrected chi connectivity index (χ3v) is 4.63. The minimum absolute atomic E-state index is 0.0661. The van der Waals surface area contributed by atoms with Crippen molar-refractivity contribution >= 4 is 28.8 Å². The number of hydrogen-bond acceptors (Lipinski definition) is 5. The van der Waals surface area contributed by atoms with Crippen molar-refractivity contribution in [2.45, 2.75) is 0 Å². The van der Waals surface area contributed by atoms with Crippen LogP contribution in [0, 0.1) is 5.82 Å². The molecule has 0 N–H and O–H groups in total. The number of benzene rings is 3. The molecular formula is C24H13FO5. The SMILES string of the molecule is O=C(Oc1ccc2c(c1)O/C(=C\c1cccc(F)c1)C2=O)c1cc2ccccc2o1. The van der Waals surface area contributed by atoms with E-state index in [9.17, 15) is 14.0 Å². The summed E-state index contributed by atoms with van der Waals surface area (Å²) in [5, 5.41) is 0.791. The van der Waals surface area contributed by atoms with Gasteiger partial charge in [-0.25, -0.2) is 9.18 Å². The molecule has 0 radical (unpaired) electrons.